The van der Waals surface area contributed by atoms with Crippen molar-refractivity contribution in [2.24, 2.45) is 0 Å². The molecule has 1 aromatic carbocycles. The van der Waals surface area contributed by atoms with Gasteiger partial charge in [-0.15, -0.1) is 0 Å². The van der Waals surface area contributed by atoms with Gasteiger partial charge in [0.1, 0.15) is 0 Å². The van der Waals surface area contributed by atoms with Crippen molar-refractivity contribution in [3.05, 3.63) is 34.9 Å². The minimum Gasteiger partial charge on any atom is -0.384 e. The van der Waals surface area contributed by atoms with Gasteiger partial charge in [-0.25, -0.2) is 8.42 Å². The number of carbonyl (C=O) groups excluding carboxylic acids is 1. The molecule has 6 nitrogen and oxygen atoms in total. The number of piperazine rings is 1. The molecule has 0 spiro atoms. The summed E-state index contributed by atoms with van der Waals surface area (Å²) in [4.78, 5) is 14.0. The number of halogens is 1. The van der Waals surface area contributed by atoms with Gasteiger partial charge in [0, 0.05) is 38.3 Å². The third kappa shape index (κ3) is 5.17. The quantitative estimate of drug-likeness (QED) is 0.759. The third-order valence-electron chi connectivity index (χ3n) is 3.80. The fraction of sp³-hybridized carbons (Fsp3) is 0.533. The molecule has 0 saturated carbocycles. The van der Waals surface area contributed by atoms with E-state index in [1.54, 1.807) is 17.0 Å². The number of hydrogen-bond donors (Lipinski definition) is 0. The van der Waals surface area contributed by atoms with Gasteiger partial charge in [0.25, 0.3) is 0 Å². The molecular weight excluding hydrogens is 340 g/mol. The maximum Gasteiger partial charge on any atom is 0.227 e. The van der Waals surface area contributed by atoms with E-state index in [4.69, 9.17) is 16.3 Å². The summed E-state index contributed by atoms with van der Waals surface area (Å²) in [5.74, 6) is -0.0244. The highest BCUT2D eigenvalue weighted by Gasteiger charge is 2.28. The van der Waals surface area contributed by atoms with Crippen molar-refractivity contribution in [3.8, 4) is 0 Å². The molecule has 0 radical (unpaired) electrons. The predicted octanol–water partition coefficient (Wildman–Crippen LogP) is 1.00. The van der Waals surface area contributed by atoms with Crippen molar-refractivity contribution in [1.82, 2.24) is 9.21 Å². The third-order valence-corrected chi connectivity index (χ3v) is 5.89. The minimum atomic E-state index is -3.30. The molecule has 1 fully saturated rings. The van der Waals surface area contributed by atoms with Crippen molar-refractivity contribution >= 4 is 27.5 Å². The number of hydrogen-bond acceptors (Lipinski definition) is 4. The van der Waals surface area contributed by atoms with E-state index in [-0.39, 0.29) is 18.3 Å². The average molecular weight is 361 g/mol. The second kappa shape index (κ2) is 8.10. The Morgan fingerprint density at radius 1 is 1.17 bits per heavy atom. The molecule has 1 aliphatic heterocycles. The van der Waals surface area contributed by atoms with E-state index in [0.29, 0.717) is 37.6 Å². The molecule has 1 aromatic rings. The lowest BCUT2D eigenvalue weighted by molar-refractivity contribution is -0.131. The van der Waals surface area contributed by atoms with E-state index < -0.39 is 10.0 Å². The van der Waals surface area contributed by atoms with Crippen molar-refractivity contribution in [3.63, 3.8) is 0 Å². The lowest BCUT2D eigenvalue weighted by atomic mass is 10.1. The van der Waals surface area contributed by atoms with E-state index in [2.05, 4.69) is 0 Å². The summed E-state index contributed by atoms with van der Waals surface area (Å²) in [6.07, 6.45) is 0.299. The highest BCUT2D eigenvalue weighted by atomic mass is 35.5. The second-order valence-electron chi connectivity index (χ2n) is 5.39. The monoisotopic (exact) mass is 360 g/mol. The van der Waals surface area contributed by atoms with Crippen LogP contribution in [0.25, 0.3) is 0 Å². The van der Waals surface area contributed by atoms with Crippen LogP contribution >= 0.6 is 11.6 Å². The Labute approximate surface area is 142 Å². The maximum atomic E-state index is 12.3. The fourth-order valence-corrected chi connectivity index (χ4v) is 3.90. The molecule has 128 valence electrons. The van der Waals surface area contributed by atoms with Gasteiger partial charge in [-0.05, 0) is 17.7 Å². The van der Waals surface area contributed by atoms with E-state index in [1.807, 2.05) is 12.1 Å². The molecule has 0 atom stereocenters. The Hall–Kier alpha value is -1.15. The molecule has 23 heavy (non-hydrogen) atoms. The van der Waals surface area contributed by atoms with Crippen LogP contribution in [0.3, 0.4) is 0 Å². The van der Waals surface area contributed by atoms with Crippen LogP contribution in [0.2, 0.25) is 5.02 Å². The summed E-state index contributed by atoms with van der Waals surface area (Å²) in [5.41, 5.74) is 0.898. The molecule has 2 rings (SSSR count). The van der Waals surface area contributed by atoms with Crippen molar-refractivity contribution in [1.29, 1.82) is 0 Å². The number of amides is 1. The molecule has 1 aliphatic rings. The highest BCUT2D eigenvalue weighted by Crippen LogP contribution is 2.13. The summed E-state index contributed by atoms with van der Waals surface area (Å²) >= 11 is 5.83. The number of rotatable bonds is 6. The Kier molecular flexibility index (Phi) is 6.41. The molecular formula is C15H21ClN2O4S. The summed E-state index contributed by atoms with van der Waals surface area (Å²) in [5, 5.41) is 0.635. The molecule has 0 aliphatic carbocycles. The summed E-state index contributed by atoms with van der Waals surface area (Å²) in [7, 11) is -1.83. The zero-order valence-electron chi connectivity index (χ0n) is 13.1. The summed E-state index contributed by atoms with van der Waals surface area (Å²) in [6, 6.07) is 7.16. The second-order valence-corrected chi connectivity index (χ2v) is 7.92. The number of carbonyl (C=O) groups is 1. The van der Waals surface area contributed by atoms with E-state index in [1.165, 1.54) is 11.4 Å². The van der Waals surface area contributed by atoms with Gasteiger partial charge < -0.3 is 9.64 Å². The molecule has 1 saturated heterocycles. The van der Waals surface area contributed by atoms with Crippen LogP contribution < -0.4 is 0 Å². The smallest absolute Gasteiger partial charge is 0.227 e. The summed E-state index contributed by atoms with van der Waals surface area (Å²) in [6.45, 7) is 1.67. The predicted molar refractivity (Wildman–Crippen MR) is 89.0 cm³/mol. The Morgan fingerprint density at radius 2 is 1.78 bits per heavy atom. The molecule has 0 bridgehead atoms. The first-order valence-electron chi connectivity index (χ1n) is 7.41. The van der Waals surface area contributed by atoms with Crippen LogP contribution in [0.4, 0.5) is 0 Å². The lowest BCUT2D eigenvalue weighted by Gasteiger charge is -2.34. The van der Waals surface area contributed by atoms with Crippen molar-refractivity contribution < 1.29 is 17.9 Å². The highest BCUT2D eigenvalue weighted by molar-refractivity contribution is 7.89. The average Bonchev–Trinajstić information content (AvgIpc) is 2.55. The zero-order valence-corrected chi connectivity index (χ0v) is 14.6. The Bertz CT molecular complexity index is 625. The first-order chi connectivity index (χ1) is 10.9. The van der Waals surface area contributed by atoms with Gasteiger partial charge in [0.05, 0.1) is 18.8 Å². The van der Waals surface area contributed by atoms with Crippen LogP contribution in [-0.4, -0.2) is 69.2 Å². The first kappa shape index (κ1) is 18.2. The van der Waals surface area contributed by atoms with E-state index >= 15 is 0 Å². The normalized spacial score (nSPS) is 16.5. The van der Waals surface area contributed by atoms with Gasteiger partial charge >= 0.3 is 0 Å². The largest absolute Gasteiger partial charge is 0.384 e. The van der Waals surface area contributed by atoms with E-state index in [9.17, 15) is 13.2 Å². The number of sulfonamides is 1. The number of methoxy groups -OCH3 is 1. The standard InChI is InChI=1S/C15H21ClN2O4S/c1-22-10-11-23(20,21)18-8-6-17(7-9-18)15(19)12-13-2-4-14(16)5-3-13/h2-5H,6-12H2,1H3. The van der Waals surface area contributed by atoms with E-state index in [0.717, 1.165) is 5.56 Å². The molecule has 8 heteroatoms. The number of nitrogens with zero attached hydrogens (tertiary/aromatic N) is 2. The number of benzene rings is 1. The van der Waals surface area contributed by atoms with Crippen molar-refractivity contribution in [2.45, 2.75) is 6.42 Å². The SMILES string of the molecule is COCCS(=O)(=O)N1CCN(C(=O)Cc2ccc(Cl)cc2)CC1. The molecule has 0 aromatic heterocycles. The summed E-state index contributed by atoms with van der Waals surface area (Å²) < 4.78 is 30.4. The van der Waals surface area contributed by atoms with Gasteiger partial charge in [-0.3, -0.25) is 4.79 Å². The number of ether oxygens (including phenoxy) is 1. The topological polar surface area (TPSA) is 66.9 Å². The fourth-order valence-electron chi connectivity index (χ4n) is 2.42. The van der Waals surface area contributed by atoms with Gasteiger partial charge in [-0.1, -0.05) is 23.7 Å². The first-order valence-corrected chi connectivity index (χ1v) is 9.40. The molecule has 0 N–H and O–H groups in total. The Balaban J connectivity index is 1.86. The van der Waals surface area contributed by atoms with Gasteiger partial charge in [-0.2, -0.15) is 4.31 Å². The Morgan fingerprint density at radius 3 is 2.35 bits per heavy atom. The van der Waals surface area contributed by atoms with Crippen LogP contribution in [0, 0.1) is 0 Å². The van der Waals surface area contributed by atoms with Crippen LogP contribution in [0.15, 0.2) is 24.3 Å². The molecule has 1 amide bonds. The maximum absolute atomic E-state index is 12.3. The van der Waals surface area contributed by atoms with Crippen LogP contribution in [0.1, 0.15) is 5.56 Å². The van der Waals surface area contributed by atoms with Crippen molar-refractivity contribution in [2.75, 3.05) is 45.6 Å². The molecule has 0 unspecified atom stereocenters. The van der Waals surface area contributed by atoms with Crippen LogP contribution in [-0.2, 0) is 26.0 Å². The minimum absolute atomic E-state index is 0.00117. The zero-order chi connectivity index (χ0) is 16.9. The van der Waals surface area contributed by atoms with Crippen LogP contribution in [0.5, 0.6) is 0 Å². The van der Waals surface area contributed by atoms with Gasteiger partial charge in [0.2, 0.25) is 15.9 Å². The lowest BCUT2D eigenvalue weighted by Crippen LogP contribution is -2.51. The molecule has 1 heterocycles. The van der Waals surface area contributed by atoms with Gasteiger partial charge in [0.15, 0.2) is 0 Å².